The van der Waals surface area contributed by atoms with Gasteiger partial charge < -0.3 is 10.1 Å². The molecule has 0 aliphatic heterocycles. The Morgan fingerprint density at radius 1 is 1.22 bits per heavy atom. The lowest BCUT2D eigenvalue weighted by Gasteiger charge is -2.15. The summed E-state index contributed by atoms with van der Waals surface area (Å²) in [5.41, 5.74) is 3.91. The number of anilines is 1. The highest BCUT2D eigenvalue weighted by molar-refractivity contribution is 6.32. The third-order valence-electron chi connectivity index (χ3n) is 3.58. The number of para-hydroxylation sites is 1. The molecule has 0 spiro atoms. The fraction of sp³-hybridized carbons (Fsp3) is 0.316. The van der Waals surface area contributed by atoms with Gasteiger partial charge in [0.05, 0.1) is 5.02 Å². The molecule has 0 saturated heterocycles. The molecule has 2 aromatic rings. The van der Waals surface area contributed by atoms with E-state index in [4.69, 9.17) is 16.3 Å². The second-order valence-corrected chi connectivity index (χ2v) is 6.38. The summed E-state index contributed by atoms with van der Waals surface area (Å²) < 4.78 is 5.61. The van der Waals surface area contributed by atoms with E-state index in [1.165, 1.54) is 0 Å². The van der Waals surface area contributed by atoms with Crippen LogP contribution in [0.15, 0.2) is 36.4 Å². The third kappa shape index (κ3) is 4.49. The molecular formula is C19H22ClNO2. The molecule has 0 aromatic heterocycles. The zero-order valence-corrected chi connectivity index (χ0v) is 14.7. The fourth-order valence-corrected chi connectivity index (χ4v) is 2.90. The molecule has 0 aliphatic carbocycles. The van der Waals surface area contributed by atoms with Crippen molar-refractivity contribution in [2.45, 2.75) is 33.6 Å². The van der Waals surface area contributed by atoms with Crippen molar-refractivity contribution in [3.63, 3.8) is 0 Å². The number of carbonyl (C=O) groups is 1. The van der Waals surface area contributed by atoms with Crippen LogP contribution < -0.4 is 10.1 Å². The highest BCUT2D eigenvalue weighted by atomic mass is 35.5. The predicted octanol–water partition coefficient (Wildman–Crippen LogP) is 5.10. The van der Waals surface area contributed by atoms with Crippen LogP contribution in [0.4, 0.5) is 5.69 Å². The molecule has 0 fully saturated rings. The largest absolute Gasteiger partial charge is 0.482 e. The Labute approximate surface area is 142 Å². The van der Waals surface area contributed by atoms with Gasteiger partial charge in [0.2, 0.25) is 0 Å². The molecule has 0 unspecified atom stereocenters. The highest BCUT2D eigenvalue weighted by Gasteiger charge is 2.12. The van der Waals surface area contributed by atoms with Crippen molar-refractivity contribution < 1.29 is 9.53 Å². The summed E-state index contributed by atoms with van der Waals surface area (Å²) in [5.74, 6) is 0.694. The molecular weight excluding hydrogens is 310 g/mol. The lowest BCUT2D eigenvalue weighted by Crippen LogP contribution is -2.21. The maximum absolute atomic E-state index is 12.2. The molecule has 0 heterocycles. The number of rotatable bonds is 5. The standard InChI is InChI=1S/C19H22ClNO2/c1-12(2)15-7-5-6-8-17(15)21-18(22)11-23-19-14(4)9-13(3)10-16(19)20/h5-10,12H,11H2,1-4H3,(H,21,22). The Hall–Kier alpha value is -2.00. The molecule has 3 nitrogen and oxygen atoms in total. The molecule has 0 atom stereocenters. The highest BCUT2D eigenvalue weighted by Crippen LogP contribution is 2.30. The molecule has 1 N–H and O–H groups in total. The first kappa shape index (κ1) is 17.4. The normalized spacial score (nSPS) is 10.7. The first-order chi connectivity index (χ1) is 10.9. The molecule has 23 heavy (non-hydrogen) atoms. The molecule has 0 bridgehead atoms. The molecule has 2 aromatic carbocycles. The van der Waals surface area contributed by atoms with Crippen LogP contribution in [0.25, 0.3) is 0 Å². The first-order valence-electron chi connectivity index (χ1n) is 7.66. The Kier molecular flexibility index (Phi) is 5.67. The summed E-state index contributed by atoms with van der Waals surface area (Å²) in [6.07, 6.45) is 0. The van der Waals surface area contributed by atoms with Gasteiger partial charge in [0.25, 0.3) is 5.91 Å². The van der Waals surface area contributed by atoms with Crippen LogP contribution in [0.1, 0.15) is 36.5 Å². The van der Waals surface area contributed by atoms with Gasteiger partial charge in [-0.3, -0.25) is 4.79 Å². The Bertz CT molecular complexity index is 687. The van der Waals surface area contributed by atoms with Crippen LogP contribution in [0.3, 0.4) is 0 Å². The number of ether oxygens (including phenoxy) is 1. The van der Waals surface area contributed by atoms with E-state index < -0.39 is 0 Å². The van der Waals surface area contributed by atoms with Crippen molar-refractivity contribution >= 4 is 23.2 Å². The maximum Gasteiger partial charge on any atom is 0.262 e. The lowest BCUT2D eigenvalue weighted by atomic mass is 10.0. The second-order valence-electron chi connectivity index (χ2n) is 5.97. The minimum absolute atomic E-state index is 0.0734. The van der Waals surface area contributed by atoms with Crippen molar-refractivity contribution in [3.8, 4) is 5.75 Å². The van der Waals surface area contributed by atoms with Gasteiger partial charge in [-0.25, -0.2) is 0 Å². The zero-order chi connectivity index (χ0) is 17.0. The summed E-state index contributed by atoms with van der Waals surface area (Å²) in [6.45, 7) is 8.00. The molecule has 0 saturated carbocycles. The summed E-state index contributed by atoms with van der Waals surface area (Å²) in [6, 6.07) is 11.6. The number of carbonyl (C=O) groups excluding carboxylic acids is 1. The molecule has 4 heteroatoms. The van der Waals surface area contributed by atoms with Crippen LogP contribution in [-0.2, 0) is 4.79 Å². The van der Waals surface area contributed by atoms with Gasteiger partial charge in [-0.2, -0.15) is 0 Å². The van der Waals surface area contributed by atoms with Crippen LogP contribution in [0.5, 0.6) is 5.75 Å². The van der Waals surface area contributed by atoms with Crippen molar-refractivity contribution in [2.75, 3.05) is 11.9 Å². The van der Waals surface area contributed by atoms with Crippen LogP contribution >= 0.6 is 11.6 Å². The van der Waals surface area contributed by atoms with E-state index in [0.717, 1.165) is 22.4 Å². The average molecular weight is 332 g/mol. The number of nitrogens with one attached hydrogen (secondary N) is 1. The van der Waals surface area contributed by atoms with E-state index >= 15 is 0 Å². The van der Waals surface area contributed by atoms with Gasteiger partial charge in [0.1, 0.15) is 5.75 Å². The van der Waals surface area contributed by atoms with Gasteiger partial charge >= 0.3 is 0 Å². The molecule has 0 aliphatic rings. The van der Waals surface area contributed by atoms with Crippen LogP contribution in [0.2, 0.25) is 5.02 Å². The number of hydrogen-bond acceptors (Lipinski definition) is 2. The molecule has 0 radical (unpaired) electrons. The van der Waals surface area contributed by atoms with Gasteiger partial charge in [0, 0.05) is 5.69 Å². The second kappa shape index (κ2) is 7.51. The zero-order valence-electron chi connectivity index (χ0n) is 13.9. The van der Waals surface area contributed by atoms with E-state index in [1.807, 2.05) is 50.2 Å². The van der Waals surface area contributed by atoms with Gasteiger partial charge in [-0.05, 0) is 48.6 Å². The quantitative estimate of drug-likeness (QED) is 0.828. The Balaban J connectivity index is 2.04. The van der Waals surface area contributed by atoms with E-state index in [-0.39, 0.29) is 12.5 Å². The van der Waals surface area contributed by atoms with Crippen molar-refractivity contribution in [2.24, 2.45) is 0 Å². The SMILES string of the molecule is Cc1cc(C)c(OCC(=O)Nc2ccccc2C(C)C)c(Cl)c1. The van der Waals surface area contributed by atoms with Crippen LogP contribution in [0, 0.1) is 13.8 Å². The Morgan fingerprint density at radius 3 is 2.57 bits per heavy atom. The fourth-order valence-electron chi connectivity index (χ4n) is 2.52. The van der Waals surface area contributed by atoms with E-state index in [2.05, 4.69) is 19.2 Å². The number of benzene rings is 2. The minimum Gasteiger partial charge on any atom is -0.482 e. The van der Waals surface area contributed by atoms with Crippen molar-refractivity contribution in [1.82, 2.24) is 0 Å². The molecule has 1 amide bonds. The number of hydrogen-bond donors (Lipinski definition) is 1. The smallest absolute Gasteiger partial charge is 0.262 e. The van der Waals surface area contributed by atoms with Crippen LogP contribution in [-0.4, -0.2) is 12.5 Å². The van der Waals surface area contributed by atoms with Crippen molar-refractivity contribution in [1.29, 1.82) is 0 Å². The summed E-state index contributed by atoms with van der Waals surface area (Å²) in [5, 5.41) is 3.43. The topological polar surface area (TPSA) is 38.3 Å². The average Bonchev–Trinajstić information content (AvgIpc) is 2.46. The maximum atomic E-state index is 12.2. The molecule has 2 rings (SSSR count). The van der Waals surface area contributed by atoms with Crippen molar-refractivity contribution in [3.05, 3.63) is 58.1 Å². The van der Waals surface area contributed by atoms with E-state index in [0.29, 0.717) is 16.7 Å². The third-order valence-corrected chi connectivity index (χ3v) is 3.86. The number of aryl methyl sites for hydroxylation is 2. The van der Waals surface area contributed by atoms with Gasteiger partial charge in [-0.15, -0.1) is 0 Å². The minimum atomic E-state index is -0.200. The van der Waals surface area contributed by atoms with Gasteiger partial charge in [-0.1, -0.05) is 49.7 Å². The summed E-state index contributed by atoms with van der Waals surface area (Å²) in [7, 11) is 0. The van der Waals surface area contributed by atoms with E-state index in [9.17, 15) is 4.79 Å². The number of amides is 1. The first-order valence-corrected chi connectivity index (χ1v) is 8.04. The number of halogens is 1. The summed E-state index contributed by atoms with van der Waals surface area (Å²) in [4.78, 5) is 12.2. The van der Waals surface area contributed by atoms with E-state index in [1.54, 1.807) is 0 Å². The van der Waals surface area contributed by atoms with Gasteiger partial charge in [0.15, 0.2) is 6.61 Å². The molecule has 122 valence electrons. The monoisotopic (exact) mass is 331 g/mol. The Morgan fingerprint density at radius 2 is 1.91 bits per heavy atom. The predicted molar refractivity (Wildman–Crippen MR) is 95.6 cm³/mol. The lowest BCUT2D eigenvalue weighted by molar-refractivity contribution is -0.118. The summed E-state index contributed by atoms with van der Waals surface area (Å²) >= 11 is 6.19.